The van der Waals surface area contributed by atoms with Gasteiger partial charge in [-0.05, 0) is 18.4 Å². The molecule has 0 saturated carbocycles. The van der Waals surface area contributed by atoms with Gasteiger partial charge in [-0.25, -0.2) is 0 Å². The SMILES string of the molecule is COCCNC(=O)CNC(C)c1cccs1. The quantitative estimate of drug-likeness (QED) is 0.706. The third-order valence-corrected chi connectivity index (χ3v) is 3.22. The number of rotatable bonds is 7. The molecule has 0 aromatic carbocycles. The first-order valence-corrected chi connectivity index (χ1v) is 6.14. The lowest BCUT2D eigenvalue weighted by atomic mass is 10.3. The molecule has 1 aromatic rings. The summed E-state index contributed by atoms with van der Waals surface area (Å²) in [5, 5.41) is 7.96. The van der Waals surface area contributed by atoms with Crippen molar-refractivity contribution < 1.29 is 9.53 Å². The Morgan fingerprint density at radius 3 is 3.06 bits per heavy atom. The van der Waals surface area contributed by atoms with Crippen LogP contribution in [0.4, 0.5) is 0 Å². The molecule has 1 unspecified atom stereocenters. The summed E-state index contributed by atoms with van der Waals surface area (Å²) in [4.78, 5) is 12.6. The Balaban J connectivity index is 2.16. The highest BCUT2D eigenvalue weighted by Gasteiger charge is 2.07. The van der Waals surface area contributed by atoms with Crippen molar-refractivity contribution in [2.75, 3.05) is 26.8 Å². The van der Waals surface area contributed by atoms with Gasteiger partial charge in [0.1, 0.15) is 0 Å². The number of hydrogen-bond acceptors (Lipinski definition) is 4. The molecule has 2 N–H and O–H groups in total. The molecule has 5 heteroatoms. The molecule has 90 valence electrons. The van der Waals surface area contributed by atoms with E-state index in [-0.39, 0.29) is 11.9 Å². The van der Waals surface area contributed by atoms with Crippen molar-refractivity contribution in [3.05, 3.63) is 22.4 Å². The summed E-state index contributed by atoms with van der Waals surface area (Å²) in [5.74, 6) is 0.000422. The second-order valence-corrected chi connectivity index (χ2v) is 4.44. The molecule has 0 aliphatic rings. The molecule has 0 bridgehead atoms. The van der Waals surface area contributed by atoms with Crippen molar-refractivity contribution in [1.29, 1.82) is 0 Å². The average Bonchev–Trinajstić information content (AvgIpc) is 2.79. The molecule has 0 spiro atoms. The summed E-state index contributed by atoms with van der Waals surface area (Å²) in [6, 6.07) is 4.29. The number of ether oxygens (including phenoxy) is 1. The van der Waals surface area contributed by atoms with Crippen LogP contribution < -0.4 is 10.6 Å². The Labute approximate surface area is 100 Å². The van der Waals surface area contributed by atoms with Gasteiger partial charge in [0.05, 0.1) is 13.2 Å². The summed E-state index contributed by atoms with van der Waals surface area (Å²) in [5.41, 5.74) is 0. The number of carbonyl (C=O) groups is 1. The van der Waals surface area contributed by atoms with E-state index >= 15 is 0 Å². The van der Waals surface area contributed by atoms with Crippen LogP contribution in [0.1, 0.15) is 17.8 Å². The molecular formula is C11H18N2O2S. The molecule has 1 rings (SSSR count). The van der Waals surface area contributed by atoms with E-state index in [1.807, 2.05) is 18.4 Å². The number of hydrogen-bond donors (Lipinski definition) is 2. The Kier molecular flexibility index (Phi) is 6.07. The van der Waals surface area contributed by atoms with Crippen molar-refractivity contribution in [2.24, 2.45) is 0 Å². The van der Waals surface area contributed by atoms with Gasteiger partial charge in [-0.15, -0.1) is 11.3 Å². The minimum absolute atomic E-state index is 0.000422. The van der Waals surface area contributed by atoms with Crippen LogP contribution in [0.15, 0.2) is 17.5 Å². The van der Waals surface area contributed by atoms with Gasteiger partial charge in [0.15, 0.2) is 0 Å². The Morgan fingerprint density at radius 2 is 2.44 bits per heavy atom. The van der Waals surface area contributed by atoms with Gasteiger partial charge in [0.2, 0.25) is 5.91 Å². The minimum Gasteiger partial charge on any atom is -0.383 e. The largest absolute Gasteiger partial charge is 0.383 e. The van der Waals surface area contributed by atoms with Crippen molar-refractivity contribution in [2.45, 2.75) is 13.0 Å². The topological polar surface area (TPSA) is 50.4 Å². The summed E-state index contributed by atoms with van der Waals surface area (Å²) >= 11 is 1.69. The van der Waals surface area contributed by atoms with Gasteiger partial charge >= 0.3 is 0 Å². The van der Waals surface area contributed by atoms with Crippen molar-refractivity contribution in [1.82, 2.24) is 10.6 Å². The zero-order chi connectivity index (χ0) is 11.8. The van der Waals surface area contributed by atoms with Crippen LogP contribution in [0.25, 0.3) is 0 Å². The third kappa shape index (κ3) is 4.74. The maximum atomic E-state index is 11.4. The fraction of sp³-hybridized carbons (Fsp3) is 0.545. The lowest BCUT2D eigenvalue weighted by Crippen LogP contribution is -2.36. The molecule has 0 aliphatic carbocycles. The monoisotopic (exact) mass is 242 g/mol. The van der Waals surface area contributed by atoms with Crippen molar-refractivity contribution in [3.8, 4) is 0 Å². The maximum Gasteiger partial charge on any atom is 0.234 e. The van der Waals surface area contributed by atoms with E-state index in [1.54, 1.807) is 18.4 Å². The molecule has 1 aromatic heterocycles. The lowest BCUT2D eigenvalue weighted by molar-refractivity contribution is -0.120. The summed E-state index contributed by atoms with van der Waals surface area (Å²) in [7, 11) is 1.61. The summed E-state index contributed by atoms with van der Waals surface area (Å²) in [6.07, 6.45) is 0. The fourth-order valence-corrected chi connectivity index (χ4v) is 2.00. The number of thiophene rings is 1. The van der Waals surface area contributed by atoms with Gasteiger partial charge in [-0.3, -0.25) is 4.79 Å². The van der Waals surface area contributed by atoms with Gasteiger partial charge in [-0.2, -0.15) is 0 Å². The highest BCUT2D eigenvalue weighted by Crippen LogP contribution is 2.17. The third-order valence-electron chi connectivity index (χ3n) is 2.17. The van der Waals surface area contributed by atoms with Crippen LogP contribution >= 0.6 is 11.3 Å². The molecule has 1 heterocycles. The van der Waals surface area contributed by atoms with Crippen molar-refractivity contribution >= 4 is 17.2 Å². The number of methoxy groups -OCH3 is 1. The highest BCUT2D eigenvalue weighted by molar-refractivity contribution is 7.10. The average molecular weight is 242 g/mol. The highest BCUT2D eigenvalue weighted by atomic mass is 32.1. The minimum atomic E-state index is 0.000422. The summed E-state index contributed by atoms with van der Waals surface area (Å²) < 4.78 is 4.84. The predicted octanol–water partition coefficient (Wildman–Crippen LogP) is 1.16. The molecule has 4 nitrogen and oxygen atoms in total. The van der Waals surface area contributed by atoms with Crippen molar-refractivity contribution in [3.63, 3.8) is 0 Å². The molecule has 1 amide bonds. The first-order chi connectivity index (χ1) is 7.74. The zero-order valence-electron chi connectivity index (χ0n) is 9.66. The molecular weight excluding hydrogens is 224 g/mol. The van der Waals surface area contributed by atoms with E-state index in [4.69, 9.17) is 4.74 Å². The maximum absolute atomic E-state index is 11.4. The van der Waals surface area contributed by atoms with E-state index in [2.05, 4.69) is 16.7 Å². The Hall–Kier alpha value is -0.910. The van der Waals surface area contributed by atoms with E-state index in [1.165, 1.54) is 4.88 Å². The molecule has 0 fully saturated rings. The molecule has 0 aliphatic heterocycles. The smallest absolute Gasteiger partial charge is 0.234 e. The van der Waals surface area contributed by atoms with Crippen LogP contribution in [0.5, 0.6) is 0 Å². The normalized spacial score (nSPS) is 12.4. The van der Waals surface area contributed by atoms with Crippen LogP contribution in [-0.4, -0.2) is 32.7 Å². The van der Waals surface area contributed by atoms with E-state index in [0.29, 0.717) is 19.7 Å². The number of nitrogens with one attached hydrogen (secondary N) is 2. The second-order valence-electron chi connectivity index (χ2n) is 3.46. The molecule has 0 saturated heterocycles. The summed E-state index contributed by atoms with van der Waals surface area (Å²) in [6.45, 7) is 3.49. The standard InChI is InChI=1S/C11H18N2O2S/c1-9(10-4-3-7-16-10)13-8-11(14)12-5-6-15-2/h3-4,7,9,13H,5-6,8H2,1-2H3,(H,12,14). The van der Waals surface area contributed by atoms with E-state index in [9.17, 15) is 4.79 Å². The first-order valence-electron chi connectivity index (χ1n) is 5.26. The fourth-order valence-electron chi connectivity index (χ4n) is 1.24. The predicted molar refractivity (Wildman–Crippen MR) is 65.6 cm³/mol. The van der Waals surface area contributed by atoms with Crippen LogP contribution in [-0.2, 0) is 9.53 Å². The molecule has 1 atom stereocenters. The Bertz CT molecular complexity index is 301. The van der Waals surface area contributed by atoms with Gasteiger partial charge < -0.3 is 15.4 Å². The van der Waals surface area contributed by atoms with E-state index in [0.717, 1.165) is 0 Å². The lowest BCUT2D eigenvalue weighted by Gasteiger charge is -2.11. The van der Waals surface area contributed by atoms with Gasteiger partial charge in [-0.1, -0.05) is 6.07 Å². The van der Waals surface area contributed by atoms with E-state index < -0.39 is 0 Å². The molecule has 0 radical (unpaired) electrons. The zero-order valence-corrected chi connectivity index (χ0v) is 10.5. The number of amides is 1. The van der Waals surface area contributed by atoms with Crippen LogP contribution in [0, 0.1) is 0 Å². The van der Waals surface area contributed by atoms with Gasteiger partial charge in [0.25, 0.3) is 0 Å². The van der Waals surface area contributed by atoms with Crippen LogP contribution in [0.3, 0.4) is 0 Å². The van der Waals surface area contributed by atoms with Gasteiger partial charge in [0, 0.05) is 24.6 Å². The van der Waals surface area contributed by atoms with Crippen LogP contribution in [0.2, 0.25) is 0 Å². The second kappa shape index (κ2) is 7.38. The first kappa shape index (κ1) is 13.2. The Morgan fingerprint density at radius 1 is 1.62 bits per heavy atom. The number of carbonyl (C=O) groups excluding carboxylic acids is 1. The molecule has 16 heavy (non-hydrogen) atoms.